The van der Waals surface area contributed by atoms with Crippen LogP contribution >= 0.6 is 0 Å². The highest BCUT2D eigenvalue weighted by molar-refractivity contribution is 6.02. The third-order valence-electron chi connectivity index (χ3n) is 4.71. The van der Waals surface area contributed by atoms with Gasteiger partial charge in [0.05, 0.1) is 0 Å². The lowest BCUT2D eigenvalue weighted by Gasteiger charge is -2.10. The Hall–Kier alpha value is -4.07. The Labute approximate surface area is 178 Å². The average molecular weight is 418 g/mol. The van der Waals surface area contributed by atoms with Gasteiger partial charge < -0.3 is 10.6 Å². The number of anilines is 2. The summed E-state index contributed by atoms with van der Waals surface area (Å²) in [5.41, 5.74) is 3.11. The van der Waals surface area contributed by atoms with Gasteiger partial charge in [0.15, 0.2) is 5.78 Å². The van der Waals surface area contributed by atoms with Crippen LogP contribution in [0.5, 0.6) is 0 Å². The highest BCUT2D eigenvalue weighted by atomic mass is 16.2. The maximum Gasteiger partial charge on any atom is 0.276 e. The topological polar surface area (TPSA) is 110 Å². The average Bonchev–Trinajstić information content (AvgIpc) is 2.72. The van der Waals surface area contributed by atoms with E-state index in [1.54, 1.807) is 30.3 Å². The van der Waals surface area contributed by atoms with Crippen molar-refractivity contribution in [2.75, 3.05) is 10.6 Å². The summed E-state index contributed by atoms with van der Waals surface area (Å²) >= 11 is 0. The molecular formula is C23H22N4O4. The number of hydrogen-bond acceptors (Lipinski definition) is 5. The molecule has 0 spiro atoms. The molecule has 0 fully saturated rings. The van der Waals surface area contributed by atoms with Crippen LogP contribution in [0.2, 0.25) is 0 Å². The summed E-state index contributed by atoms with van der Waals surface area (Å²) in [6, 6.07) is 14.5. The van der Waals surface area contributed by atoms with Crippen molar-refractivity contribution in [3.8, 4) is 0 Å². The van der Waals surface area contributed by atoms with Crippen LogP contribution in [0.3, 0.4) is 0 Å². The largest absolute Gasteiger partial charge is 0.324 e. The standard InChI is InChI=1S/C23H22N4O4/c1-14-7-8-19(11-15(14)2)25-23(31)20-9-10-22(30)27(26-20)13-21(29)24-18-6-4-5-17(12-18)16(3)28/h4-12H,13H2,1-3H3,(H,24,29)(H,25,31). The summed E-state index contributed by atoms with van der Waals surface area (Å²) in [6.07, 6.45) is 0. The molecule has 0 saturated heterocycles. The number of nitrogens with one attached hydrogen (secondary N) is 2. The number of aromatic nitrogens is 2. The lowest BCUT2D eigenvalue weighted by molar-refractivity contribution is -0.117. The molecule has 0 atom stereocenters. The SMILES string of the molecule is CC(=O)c1cccc(NC(=O)Cn2nc(C(=O)Nc3ccc(C)c(C)c3)ccc2=O)c1. The first kappa shape index (κ1) is 21.6. The number of hydrogen-bond donors (Lipinski definition) is 2. The summed E-state index contributed by atoms with van der Waals surface area (Å²) in [4.78, 5) is 48.5. The molecule has 0 aliphatic carbocycles. The zero-order valence-corrected chi connectivity index (χ0v) is 17.4. The number of carbonyl (C=O) groups excluding carboxylic acids is 3. The van der Waals surface area contributed by atoms with Gasteiger partial charge in [0.1, 0.15) is 12.2 Å². The van der Waals surface area contributed by atoms with Crippen molar-refractivity contribution in [2.45, 2.75) is 27.3 Å². The van der Waals surface area contributed by atoms with Crippen molar-refractivity contribution in [1.29, 1.82) is 0 Å². The van der Waals surface area contributed by atoms with Crippen molar-refractivity contribution in [3.05, 3.63) is 87.3 Å². The van der Waals surface area contributed by atoms with Crippen molar-refractivity contribution in [1.82, 2.24) is 9.78 Å². The molecule has 0 aliphatic rings. The van der Waals surface area contributed by atoms with Gasteiger partial charge in [-0.2, -0.15) is 5.10 Å². The van der Waals surface area contributed by atoms with Gasteiger partial charge >= 0.3 is 0 Å². The van der Waals surface area contributed by atoms with Crippen LogP contribution in [0.25, 0.3) is 0 Å². The van der Waals surface area contributed by atoms with E-state index in [-0.39, 0.29) is 18.0 Å². The highest BCUT2D eigenvalue weighted by Gasteiger charge is 2.13. The molecule has 2 aromatic carbocycles. The van der Waals surface area contributed by atoms with E-state index in [9.17, 15) is 19.2 Å². The molecular weight excluding hydrogens is 396 g/mol. The smallest absolute Gasteiger partial charge is 0.276 e. The number of carbonyl (C=O) groups is 3. The van der Waals surface area contributed by atoms with E-state index >= 15 is 0 Å². The number of aryl methyl sites for hydroxylation is 2. The molecule has 0 aliphatic heterocycles. The number of benzene rings is 2. The molecule has 0 radical (unpaired) electrons. The Morgan fingerprint density at radius 3 is 2.35 bits per heavy atom. The van der Waals surface area contributed by atoms with Gasteiger partial charge in [0, 0.05) is 23.0 Å². The number of rotatable bonds is 6. The second-order valence-electron chi connectivity index (χ2n) is 7.15. The van der Waals surface area contributed by atoms with Gasteiger partial charge in [0.2, 0.25) is 5.91 Å². The Morgan fingerprint density at radius 2 is 1.65 bits per heavy atom. The highest BCUT2D eigenvalue weighted by Crippen LogP contribution is 2.15. The third kappa shape index (κ3) is 5.51. The van der Waals surface area contributed by atoms with Crippen molar-refractivity contribution in [3.63, 3.8) is 0 Å². The van der Waals surface area contributed by atoms with E-state index in [1.807, 2.05) is 26.0 Å². The minimum Gasteiger partial charge on any atom is -0.324 e. The van der Waals surface area contributed by atoms with Crippen LogP contribution < -0.4 is 16.2 Å². The van der Waals surface area contributed by atoms with E-state index in [0.29, 0.717) is 16.9 Å². The molecule has 2 amide bonds. The minimum absolute atomic E-state index is 0.00389. The summed E-state index contributed by atoms with van der Waals surface area (Å²) in [6.45, 7) is 4.96. The molecule has 1 aromatic heterocycles. The number of amides is 2. The molecule has 8 nitrogen and oxygen atoms in total. The molecule has 0 unspecified atom stereocenters. The van der Waals surface area contributed by atoms with Crippen molar-refractivity contribution >= 4 is 29.0 Å². The van der Waals surface area contributed by atoms with Crippen LogP contribution in [-0.2, 0) is 11.3 Å². The van der Waals surface area contributed by atoms with Crippen molar-refractivity contribution < 1.29 is 14.4 Å². The van der Waals surface area contributed by atoms with E-state index in [0.717, 1.165) is 15.8 Å². The molecule has 1 heterocycles. The second kappa shape index (κ2) is 9.17. The summed E-state index contributed by atoms with van der Waals surface area (Å²) < 4.78 is 0.916. The molecule has 8 heteroatoms. The monoisotopic (exact) mass is 418 g/mol. The quantitative estimate of drug-likeness (QED) is 0.598. The minimum atomic E-state index is -0.518. The number of Topliss-reactive ketones (excluding diaryl/α,β-unsaturated/α-hetero) is 1. The number of nitrogens with zero attached hydrogens (tertiary/aromatic N) is 2. The van der Waals surface area contributed by atoms with E-state index in [1.165, 1.54) is 19.1 Å². The molecule has 31 heavy (non-hydrogen) atoms. The van der Waals surface area contributed by atoms with Crippen LogP contribution in [-0.4, -0.2) is 27.4 Å². The van der Waals surface area contributed by atoms with Gasteiger partial charge in [0.25, 0.3) is 11.5 Å². The Bertz CT molecular complexity index is 1230. The van der Waals surface area contributed by atoms with Crippen LogP contribution in [0, 0.1) is 13.8 Å². The van der Waals surface area contributed by atoms with Crippen molar-refractivity contribution in [2.24, 2.45) is 0 Å². The van der Waals surface area contributed by atoms with Crippen LogP contribution in [0.4, 0.5) is 11.4 Å². The molecule has 0 bridgehead atoms. The van der Waals surface area contributed by atoms with Crippen LogP contribution in [0.15, 0.2) is 59.4 Å². The predicted molar refractivity (Wildman–Crippen MR) is 117 cm³/mol. The summed E-state index contributed by atoms with van der Waals surface area (Å²) in [7, 11) is 0. The molecule has 158 valence electrons. The first-order valence-corrected chi connectivity index (χ1v) is 9.60. The maximum atomic E-state index is 12.5. The lowest BCUT2D eigenvalue weighted by Crippen LogP contribution is -2.31. The number of ketones is 1. The maximum absolute atomic E-state index is 12.5. The third-order valence-corrected chi connectivity index (χ3v) is 4.71. The predicted octanol–water partition coefficient (Wildman–Crippen LogP) is 2.95. The fourth-order valence-electron chi connectivity index (χ4n) is 2.85. The van der Waals surface area contributed by atoms with Gasteiger partial charge in [-0.15, -0.1) is 0 Å². The fraction of sp³-hybridized carbons (Fsp3) is 0.174. The van der Waals surface area contributed by atoms with E-state index in [2.05, 4.69) is 15.7 Å². The fourth-order valence-corrected chi connectivity index (χ4v) is 2.85. The normalized spacial score (nSPS) is 10.4. The van der Waals surface area contributed by atoms with Gasteiger partial charge in [-0.05, 0) is 62.2 Å². The zero-order valence-electron chi connectivity index (χ0n) is 17.4. The first-order valence-electron chi connectivity index (χ1n) is 9.60. The molecule has 2 N–H and O–H groups in total. The van der Waals surface area contributed by atoms with Gasteiger partial charge in [-0.1, -0.05) is 18.2 Å². The Morgan fingerprint density at radius 1 is 0.903 bits per heavy atom. The lowest BCUT2D eigenvalue weighted by atomic mass is 10.1. The second-order valence-corrected chi connectivity index (χ2v) is 7.15. The molecule has 3 rings (SSSR count). The van der Waals surface area contributed by atoms with Crippen LogP contribution in [0.1, 0.15) is 38.9 Å². The Kier molecular flexibility index (Phi) is 6.40. The summed E-state index contributed by atoms with van der Waals surface area (Å²) in [5.74, 6) is -1.13. The van der Waals surface area contributed by atoms with E-state index in [4.69, 9.17) is 0 Å². The molecule has 3 aromatic rings. The van der Waals surface area contributed by atoms with Gasteiger partial charge in [-0.25, -0.2) is 4.68 Å². The molecule has 0 saturated carbocycles. The van der Waals surface area contributed by atoms with E-state index < -0.39 is 17.4 Å². The Balaban J connectivity index is 1.73. The summed E-state index contributed by atoms with van der Waals surface area (Å²) in [5, 5.41) is 9.37. The first-order chi connectivity index (χ1) is 14.7. The zero-order chi connectivity index (χ0) is 22.5. The van der Waals surface area contributed by atoms with Gasteiger partial charge in [-0.3, -0.25) is 19.2 Å².